The van der Waals surface area contributed by atoms with Crippen LogP contribution in [0.1, 0.15) is 50.7 Å². The molecule has 0 saturated heterocycles. The van der Waals surface area contributed by atoms with Crippen LogP contribution in [-0.4, -0.2) is 28.7 Å². The number of ether oxygens (including phenoxy) is 3. The molecule has 30 heavy (non-hydrogen) atoms. The lowest BCUT2D eigenvalue weighted by molar-refractivity contribution is -0.239. The Kier molecular flexibility index (Phi) is 7.55. The van der Waals surface area contributed by atoms with Crippen molar-refractivity contribution in [3.8, 4) is 23.0 Å². The molecule has 0 saturated carbocycles. The first kappa shape index (κ1) is 23.3. The molecule has 0 bridgehead atoms. The molecule has 0 radical (unpaired) electrons. The Morgan fingerprint density at radius 1 is 0.867 bits per heavy atom. The third-order valence-corrected chi connectivity index (χ3v) is 5.02. The van der Waals surface area contributed by atoms with Gasteiger partial charge in [-0.2, -0.15) is 8.42 Å². The van der Waals surface area contributed by atoms with E-state index in [9.17, 15) is 13.5 Å². The molecule has 0 unspecified atom stereocenters. The second kappa shape index (κ2) is 9.71. The van der Waals surface area contributed by atoms with Gasteiger partial charge in [0.2, 0.25) is 0 Å². The molecule has 9 heteroatoms. The smallest absolute Gasteiger partial charge is 0.430 e. The number of para-hydroxylation sites is 2. The second-order valence-electron chi connectivity index (χ2n) is 7.04. The number of benzene rings is 2. The summed E-state index contributed by atoms with van der Waals surface area (Å²) < 4.78 is 48.7. The van der Waals surface area contributed by atoms with Crippen molar-refractivity contribution in [2.24, 2.45) is 4.40 Å². The summed E-state index contributed by atoms with van der Waals surface area (Å²) in [6.45, 7) is 7.66. The molecule has 0 aliphatic carbocycles. The monoisotopic (exact) mass is 436 g/mol. The second-order valence-corrected chi connectivity index (χ2v) is 8.24. The van der Waals surface area contributed by atoms with Crippen molar-refractivity contribution in [2.75, 3.05) is 14.2 Å². The maximum absolute atomic E-state index is 12.5. The van der Waals surface area contributed by atoms with Crippen LogP contribution in [-0.2, 0) is 10.3 Å². The van der Waals surface area contributed by atoms with Crippen LogP contribution in [0.4, 0.5) is 0 Å². The Morgan fingerprint density at radius 3 is 1.77 bits per heavy atom. The van der Waals surface area contributed by atoms with E-state index in [1.807, 2.05) is 33.8 Å². The van der Waals surface area contributed by atoms with Crippen molar-refractivity contribution in [1.82, 2.24) is 0 Å². The molecule has 0 aromatic heterocycles. The van der Waals surface area contributed by atoms with Gasteiger partial charge >= 0.3 is 10.3 Å². The Hall–Kier alpha value is -2.94. The van der Waals surface area contributed by atoms with Gasteiger partial charge < -0.3 is 23.5 Å². The van der Waals surface area contributed by atoms with Crippen molar-refractivity contribution < 1.29 is 31.9 Å². The molecule has 0 spiro atoms. The van der Waals surface area contributed by atoms with E-state index in [0.29, 0.717) is 11.1 Å². The zero-order chi connectivity index (χ0) is 22.5. The number of nitrogens with zero attached hydrogens (tertiary/aromatic N) is 1. The molecule has 0 amide bonds. The number of hydrogen-bond donors (Lipinski definition) is 0. The highest BCUT2D eigenvalue weighted by molar-refractivity contribution is 7.85. The lowest BCUT2D eigenvalue weighted by Crippen LogP contribution is -2.27. The van der Waals surface area contributed by atoms with Crippen LogP contribution in [0.15, 0.2) is 40.8 Å². The van der Waals surface area contributed by atoms with Crippen molar-refractivity contribution in [3.05, 3.63) is 47.5 Å². The summed E-state index contributed by atoms with van der Waals surface area (Å²) in [6, 6.07) is 10.1. The zero-order valence-corrected chi connectivity index (χ0v) is 18.6. The minimum absolute atomic E-state index is 0.00121. The van der Waals surface area contributed by atoms with Gasteiger partial charge in [0.1, 0.15) is 11.5 Å². The highest BCUT2D eigenvalue weighted by atomic mass is 32.2. The summed E-state index contributed by atoms with van der Waals surface area (Å²) in [5, 5.41) is 12.2. The summed E-state index contributed by atoms with van der Waals surface area (Å²) in [5.41, 5.74) is 1.39. The lowest BCUT2D eigenvalue weighted by atomic mass is 9.94. The predicted octanol–water partition coefficient (Wildman–Crippen LogP) is 3.37. The van der Waals surface area contributed by atoms with Gasteiger partial charge in [0, 0.05) is 0 Å². The van der Waals surface area contributed by atoms with Crippen LogP contribution < -0.4 is 23.5 Å². The molecular formula is C21H26NO7S-. The van der Waals surface area contributed by atoms with E-state index < -0.39 is 16.4 Å². The third-order valence-electron chi connectivity index (χ3n) is 4.27. The van der Waals surface area contributed by atoms with E-state index in [1.54, 1.807) is 18.2 Å². The predicted molar refractivity (Wildman–Crippen MR) is 112 cm³/mol. The summed E-state index contributed by atoms with van der Waals surface area (Å²) in [4.78, 5) is 0. The molecule has 0 fully saturated rings. The number of methoxy groups -OCH3 is 2. The summed E-state index contributed by atoms with van der Waals surface area (Å²) in [7, 11) is -1.89. The van der Waals surface area contributed by atoms with E-state index in [2.05, 4.69) is 4.40 Å². The van der Waals surface area contributed by atoms with Gasteiger partial charge in [-0.3, -0.25) is 0 Å². The summed E-state index contributed by atoms with van der Waals surface area (Å²) in [6.07, 6.45) is -1.38. The standard InChI is InChI=1S/C21H27NO7S/c1-13(2)15-9-7-10-16(14(3)4)19(15)29-30(24,25)22-21(23)28-20-17(26-5)11-8-12-18(20)27-6/h7-14H,1-6H3,(H,22,23)/p-1. The fourth-order valence-corrected chi connectivity index (χ4v) is 3.48. The first-order valence-corrected chi connectivity index (χ1v) is 10.7. The molecule has 164 valence electrons. The van der Waals surface area contributed by atoms with Crippen molar-refractivity contribution in [1.29, 1.82) is 0 Å². The molecule has 8 nitrogen and oxygen atoms in total. The van der Waals surface area contributed by atoms with Gasteiger partial charge in [-0.05, 0) is 35.1 Å². The minimum Gasteiger partial charge on any atom is -0.559 e. The van der Waals surface area contributed by atoms with Gasteiger partial charge in [0.05, 0.1) is 20.0 Å². The topological polar surface area (TPSA) is 106 Å². The van der Waals surface area contributed by atoms with E-state index in [4.69, 9.17) is 18.4 Å². The first-order valence-electron chi connectivity index (χ1n) is 9.32. The third kappa shape index (κ3) is 5.56. The van der Waals surface area contributed by atoms with Crippen LogP contribution in [0.2, 0.25) is 0 Å². The van der Waals surface area contributed by atoms with Crippen molar-refractivity contribution >= 4 is 16.4 Å². The van der Waals surface area contributed by atoms with Crippen LogP contribution in [0.5, 0.6) is 23.0 Å². The van der Waals surface area contributed by atoms with Crippen LogP contribution in [0.25, 0.3) is 0 Å². The van der Waals surface area contributed by atoms with E-state index >= 15 is 0 Å². The Balaban J connectivity index is 2.40. The van der Waals surface area contributed by atoms with Gasteiger partial charge in [-0.1, -0.05) is 52.0 Å². The van der Waals surface area contributed by atoms with Crippen molar-refractivity contribution in [2.45, 2.75) is 39.5 Å². The van der Waals surface area contributed by atoms with E-state index in [1.165, 1.54) is 26.4 Å². The van der Waals surface area contributed by atoms with Crippen LogP contribution in [0, 0.1) is 0 Å². The molecule has 0 heterocycles. The van der Waals surface area contributed by atoms with Crippen LogP contribution >= 0.6 is 0 Å². The molecule has 2 aromatic rings. The lowest BCUT2D eigenvalue weighted by Gasteiger charge is -2.21. The Labute approximate surface area is 177 Å². The zero-order valence-electron chi connectivity index (χ0n) is 17.8. The number of hydrogen-bond acceptors (Lipinski definition) is 7. The maximum Gasteiger partial charge on any atom is 0.430 e. The molecule has 0 atom stereocenters. The molecule has 0 N–H and O–H groups in total. The molecule has 2 aromatic carbocycles. The van der Waals surface area contributed by atoms with Crippen molar-refractivity contribution in [3.63, 3.8) is 0 Å². The molecule has 0 aliphatic heterocycles. The first-order chi connectivity index (χ1) is 14.1. The molecule has 0 aliphatic rings. The van der Waals surface area contributed by atoms with Gasteiger partial charge in [0.25, 0.3) is 0 Å². The maximum atomic E-state index is 12.5. The van der Waals surface area contributed by atoms with E-state index in [-0.39, 0.29) is 34.8 Å². The summed E-state index contributed by atoms with van der Waals surface area (Å²) in [5.74, 6) is 0.454. The van der Waals surface area contributed by atoms with Crippen LogP contribution in [0.3, 0.4) is 0 Å². The quantitative estimate of drug-likeness (QED) is 0.461. The average Bonchev–Trinajstić information content (AvgIpc) is 2.66. The molecule has 2 rings (SSSR count). The van der Waals surface area contributed by atoms with E-state index in [0.717, 1.165) is 0 Å². The highest BCUT2D eigenvalue weighted by Crippen LogP contribution is 2.37. The van der Waals surface area contributed by atoms with Gasteiger partial charge in [-0.15, -0.1) is 4.40 Å². The number of rotatable bonds is 8. The minimum atomic E-state index is -4.64. The fourth-order valence-electron chi connectivity index (χ4n) is 2.82. The Bertz CT molecular complexity index is 966. The SMILES string of the molecule is COc1cccc(OC)c1O/C([O-])=N/S(=O)(=O)Oc1c(C(C)C)cccc1C(C)C. The normalized spacial score (nSPS) is 12.2. The van der Waals surface area contributed by atoms with Gasteiger partial charge in [0.15, 0.2) is 11.8 Å². The van der Waals surface area contributed by atoms with Gasteiger partial charge in [-0.25, -0.2) is 0 Å². The highest BCUT2D eigenvalue weighted by Gasteiger charge is 2.21. The molecular weight excluding hydrogens is 410 g/mol. The summed E-state index contributed by atoms with van der Waals surface area (Å²) >= 11 is 0. The largest absolute Gasteiger partial charge is 0.559 e. The Morgan fingerprint density at radius 2 is 1.33 bits per heavy atom. The fraction of sp³-hybridized carbons (Fsp3) is 0.381. The average molecular weight is 437 g/mol.